The zero-order chi connectivity index (χ0) is 14.8. The highest BCUT2D eigenvalue weighted by Crippen LogP contribution is 2.29. The van der Waals surface area contributed by atoms with Gasteiger partial charge in [0.1, 0.15) is 17.7 Å². The van der Waals surface area contributed by atoms with Gasteiger partial charge < -0.3 is 10.1 Å². The normalized spacial score (nSPS) is 19.6. The Morgan fingerprint density at radius 3 is 2.90 bits per heavy atom. The second-order valence-electron chi connectivity index (χ2n) is 6.72. The third-order valence-electron chi connectivity index (χ3n) is 3.34. The molecule has 0 radical (unpaired) electrons. The van der Waals surface area contributed by atoms with E-state index < -0.39 is 0 Å². The lowest BCUT2D eigenvalue weighted by atomic mass is 9.90. The molecule has 0 bridgehead atoms. The molecule has 20 heavy (non-hydrogen) atoms. The number of nitrogens with one attached hydrogen (secondary N) is 1. The van der Waals surface area contributed by atoms with Gasteiger partial charge in [-0.1, -0.05) is 20.8 Å². The van der Waals surface area contributed by atoms with Gasteiger partial charge in [0.05, 0.1) is 0 Å². The first-order chi connectivity index (χ1) is 9.33. The summed E-state index contributed by atoms with van der Waals surface area (Å²) in [7, 11) is 0. The maximum absolute atomic E-state index is 13.1. The molecule has 1 aromatic rings. The largest absolute Gasteiger partial charge is 0.488 e. The molecular weight excluding hydrogens is 277 g/mol. The van der Waals surface area contributed by atoms with Crippen LogP contribution in [-0.2, 0) is 6.42 Å². The molecule has 1 aliphatic rings. The number of hydrogen-bond donors (Lipinski definition) is 1. The van der Waals surface area contributed by atoms with Gasteiger partial charge in [0.2, 0.25) is 0 Å². The topological polar surface area (TPSA) is 21.3 Å². The fourth-order valence-corrected chi connectivity index (χ4v) is 3.11. The average molecular weight is 300 g/mol. The molecular formula is C16H23ClFNO. The molecule has 0 aliphatic carbocycles. The van der Waals surface area contributed by atoms with Crippen LogP contribution < -0.4 is 10.1 Å². The van der Waals surface area contributed by atoms with Crippen molar-refractivity contribution < 1.29 is 9.13 Å². The predicted molar refractivity (Wildman–Crippen MR) is 81.1 cm³/mol. The Morgan fingerprint density at radius 1 is 1.45 bits per heavy atom. The number of halogens is 2. The van der Waals surface area contributed by atoms with E-state index in [1.54, 1.807) is 12.1 Å². The van der Waals surface area contributed by atoms with Crippen molar-refractivity contribution in [1.29, 1.82) is 0 Å². The van der Waals surface area contributed by atoms with E-state index in [1.165, 1.54) is 6.07 Å². The van der Waals surface area contributed by atoms with E-state index in [9.17, 15) is 4.39 Å². The number of rotatable bonds is 5. The number of alkyl halides is 1. The van der Waals surface area contributed by atoms with Gasteiger partial charge in [0.25, 0.3) is 0 Å². The molecule has 0 saturated heterocycles. The Kier molecular flexibility index (Phi) is 4.92. The summed E-state index contributed by atoms with van der Waals surface area (Å²) in [4.78, 5) is 0. The van der Waals surface area contributed by atoms with Crippen LogP contribution in [0.4, 0.5) is 4.39 Å². The highest BCUT2D eigenvalue weighted by molar-refractivity contribution is 6.20. The van der Waals surface area contributed by atoms with Crippen molar-refractivity contribution in [3.8, 4) is 5.75 Å². The van der Waals surface area contributed by atoms with Gasteiger partial charge in [-0.3, -0.25) is 0 Å². The van der Waals surface area contributed by atoms with Crippen LogP contribution in [0.3, 0.4) is 0 Å². The van der Waals surface area contributed by atoms with Gasteiger partial charge >= 0.3 is 0 Å². The van der Waals surface area contributed by atoms with Crippen molar-refractivity contribution in [3.63, 3.8) is 0 Å². The molecule has 1 aliphatic heterocycles. The zero-order valence-corrected chi connectivity index (χ0v) is 13.1. The summed E-state index contributed by atoms with van der Waals surface area (Å²) in [6, 6.07) is 4.70. The lowest BCUT2D eigenvalue weighted by molar-refractivity contribution is 0.226. The van der Waals surface area contributed by atoms with Gasteiger partial charge in [-0.2, -0.15) is 0 Å². The van der Waals surface area contributed by atoms with E-state index in [2.05, 4.69) is 26.1 Å². The third-order valence-corrected chi connectivity index (χ3v) is 3.64. The second kappa shape index (κ2) is 6.31. The van der Waals surface area contributed by atoms with Crippen molar-refractivity contribution in [2.45, 2.75) is 45.1 Å². The molecule has 4 heteroatoms. The van der Waals surface area contributed by atoms with Crippen molar-refractivity contribution in [2.75, 3.05) is 13.1 Å². The van der Waals surface area contributed by atoms with Crippen molar-refractivity contribution in [3.05, 3.63) is 29.6 Å². The number of benzene rings is 1. The molecule has 2 nitrogen and oxygen atoms in total. The molecule has 1 N–H and O–H groups in total. The first-order valence-corrected chi connectivity index (χ1v) is 7.57. The Bertz CT molecular complexity index is 458. The van der Waals surface area contributed by atoms with Crippen LogP contribution in [0.25, 0.3) is 0 Å². The summed E-state index contributed by atoms with van der Waals surface area (Å²) in [6.45, 7) is 8.07. The molecule has 2 atom stereocenters. The minimum atomic E-state index is -0.202. The molecule has 2 rings (SSSR count). The summed E-state index contributed by atoms with van der Waals surface area (Å²) in [5.74, 6) is 0.599. The third kappa shape index (κ3) is 4.64. The summed E-state index contributed by atoms with van der Waals surface area (Å²) in [6.07, 6.45) is 1.80. The molecule has 0 amide bonds. The highest BCUT2D eigenvalue weighted by atomic mass is 35.5. The Balaban J connectivity index is 1.72. The summed E-state index contributed by atoms with van der Waals surface area (Å²) < 4.78 is 18.9. The van der Waals surface area contributed by atoms with Crippen LogP contribution in [0.1, 0.15) is 32.8 Å². The van der Waals surface area contributed by atoms with Gasteiger partial charge in [0, 0.05) is 30.5 Å². The van der Waals surface area contributed by atoms with Crippen LogP contribution >= 0.6 is 11.6 Å². The first kappa shape index (κ1) is 15.6. The van der Waals surface area contributed by atoms with Crippen molar-refractivity contribution >= 4 is 11.6 Å². The maximum atomic E-state index is 13.1. The SMILES string of the molecule is CC(C)(C)CC(Cl)CNCC1Cc2cc(F)ccc2O1. The molecule has 1 aromatic carbocycles. The van der Waals surface area contributed by atoms with Crippen LogP contribution in [-0.4, -0.2) is 24.6 Å². The van der Waals surface area contributed by atoms with Gasteiger partial charge in [0.15, 0.2) is 0 Å². The zero-order valence-electron chi connectivity index (χ0n) is 12.4. The fraction of sp³-hybridized carbons (Fsp3) is 0.625. The fourth-order valence-electron chi connectivity index (χ4n) is 2.54. The molecule has 0 aromatic heterocycles. The van der Waals surface area contributed by atoms with Gasteiger partial charge in [-0.05, 0) is 30.0 Å². The minimum Gasteiger partial charge on any atom is -0.488 e. The van der Waals surface area contributed by atoms with Crippen molar-refractivity contribution in [2.24, 2.45) is 5.41 Å². The van der Waals surface area contributed by atoms with E-state index in [4.69, 9.17) is 16.3 Å². The molecule has 0 fully saturated rings. The lowest BCUT2D eigenvalue weighted by Gasteiger charge is -2.22. The summed E-state index contributed by atoms with van der Waals surface area (Å²) >= 11 is 6.31. The Labute approximate surface area is 125 Å². The van der Waals surface area contributed by atoms with E-state index in [-0.39, 0.29) is 22.7 Å². The molecule has 2 unspecified atom stereocenters. The van der Waals surface area contributed by atoms with Gasteiger partial charge in [-0.25, -0.2) is 4.39 Å². The molecule has 1 heterocycles. The number of hydrogen-bond acceptors (Lipinski definition) is 2. The maximum Gasteiger partial charge on any atom is 0.123 e. The highest BCUT2D eigenvalue weighted by Gasteiger charge is 2.23. The predicted octanol–water partition coefficient (Wildman–Crippen LogP) is 3.76. The van der Waals surface area contributed by atoms with E-state index >= 15 is 0 Å². The van der Waals surface area contributed by atoms with Crippen LogP contribution in [0, 0.1) is 11.2 Å². The molecule has 0 saturated carbocycles. The van der Waals surface area contributed by atoms with E-state index in [0.717, 1.165) is 37.2 Å². The van der Waals surface area contributed by atoms with E-state index in [1.807, 2.05) is 0 Å². The number of fused-ring (bicyclic) bond motifs is 1. The summed E-state index contributed by atoms with van der Waals surface area (Å²) in [5, 5.41) is 3.47. The monoisotopic (exact) mass is 299 g/mol. The quantitative estimate of drug-likeness (QED) is 0.836. The first-order valence-electron chi connectivity index (χ1n) is 7.13. The van der Waals surface area contributed by atoms with Crippen LogP contribution in [0.5, 0.6) is 5.75 Å². The Hall–Kier alpha value is -0.800. The smallest absolute Gasteiger partial charge is 0.123 e. The molecule has 112 valence electrons. The Morgan fingerprint density at radius 2 is 2.20 bits per heavy atom. The molecule has 0 spiro atoms. The second-order valence-corrected chi connectivity index (χ2v) is 7.33. The standard InChI is InChI=1S/C16H23ClFNO/c1-16(2,3)8-12(17)9-19-10-14-7-11-6-13(18)4-5-15(11)20-14/h4-6,12,14,19H,7-10H2,1-3H3. The minimum absolute atomic E-state index is 0.0744. The van der Waals surface area contributed by atoms with Crippen LogP contribution in [0.2, 0.25) is 0 Å². The van der Waals surface area contributed by atoms with Crippen molar-refractivity contribution in [1.82, 2.24) is 5.32 Å². The lowest BCUT2D eigenvalue weighted by Crippen LogP contribution is -2.34. The van der Waals surface area contributed by atoms with Gasteiger partial charge in [-0.15, -0.1) is 11.6 Å². The van der Waals surface area contributed by atoms with E-state index in [0.29, 0.717) is 0 Å². The average Bonchev–Trinajstić information content (AvgIpc) is 2.68. The van der Waals surface area contributed by atoms with Crippen LogP contribution in [0.15, 0.2) is 18.2 Å². The number of ether oxygens (including phenoxy) is 1. The summed E-state index contributed by atoms with van der Waals surface area (Å²) in [5.41, 5.74) is 1.19.